The molecule has 1 aromatic carbocycles. The van der Waals surface area contributed by atoms with Crippen molar-refractivity contribution in [3.63, 3.8) is 0 Å². The van der Waals surface area contributed by atoms with Gasteiger partial charge in [-0.15, -0.1) is 0 Å². The average molecular weight is 369 g/mol. The first-order chi connectivity index (χ1) is 12.9. The Bertz CT molecular complexity index is 865. The summed E-state index contributed by atoms with van der Waals surface area (Å²) in [6.45, 7) is 4.10. The number of para-hydroxylation sites is 1. The molecule has 0 aliphatic carbocycles. The highest BCUT2D eigenvalue weighted by molar-refractivity contribution is 5.99. The summed E-state index contributed by atoms with van der Waals surface area (Å²) in [5.74, 6) is -0.785. The van der Waals surface area contributed by atoms with Crippen molar-refractivity contribution in [2.75, 3.05) is 13.2 Å². The molecule has 0 radical (unpaired) electrons. The first-order valence-corrected chi connectivity index (χ1v) is 9.01. The molecule has 2 amide bonds. The van der Waals surface area contributed by atoms with Gasteiger partial charge in [0, 0.05) is 5.39 Å². The van der Waals surface area contributed by atoms with Gasteiger partial charge in [-0.05, 0) is 24.5 Å². The number of ether oxygens (including phenoxy) is 1. The fourth-order valence-corrected chi connectivity index (χ4v) is 2.99. The summed E-state index contributed by atoms with van der Waals surface area (Å²) in [5, 5.41) is 6.36. The van der Waals surface area contributed by atoms with Crippen LogP contribution in [0.25, 0.3) is 10.9 Å². The summed E-state index contributed by atoms with van der Waals surface area (Å²) in [5.41, 5.74) is 0.958. The zero-order chi connectivity index (χ0) is 19.4. The molecule has 1 saturated heterocycles. The standard InChI is InChI=1S/C20H23N3O4/c1-12(2)9-16(20(26)23-17-10-27-11-18(17)24)22-19(25)15-8-7-13-5-3-4-6-14(13)21-15/h3-8,12,16-17H,9-11H2,1-2H3,(H,22,25)(H,23,26). The highest BCUT2D eigenvalue weighted by Crippen LogP contribution is 2.13. The number of ketones is 1. The Kier molecular flexibility index (Phi) is 5.81. The van der Waals surface area contributed by atoms with Crippen molar-refractivity contribution in [1.82, 2.24) is 15.6 Å². The zero-order valence-corrected chi connectivity index (χ0v) is 15.4. The highest BCUT2D eigenvalue weighted by Gasteiger charge is 2.30. The van der Waals surface area contributed by atoms with Crippen LogP contribution in [0.4, 0.5) is 0 Å². The Balaban J connectivity index is 1.73. The van der Waals surface area contributed by atoms with Crippen LogP contribution < -0.4 is 10.6 Å². The number of fused-ring (bicyclic) bond motifs is 1. The Morgan fingerprint density at radius 3 is 2.70 bits per heavy atom. The number of carbonyl (C=O) groups excluding carboxylic acids is 3. The van der Waals surface area contributed by atoms with Gasteiger partial charge in [-0.2, -0.15) is 0 Å². The van der Waals surface area contributed by atoms with E-state index in [0.29, 0.717) is 11.9 Å². The number of aromatic nitrogens is 1. The van der Waals surface area contributed by atoms with E-state index in [1.54, 1.807) is 6.07 Å². The quantitative estimate of drug-likeness (QED) is 0.803. The van der Waals surface area contributed by atoms with Crippen LogP contribution in [0.2, 0.25) is 0 Å². The summed E-state index contributed by atoms with van der Waals surface area (Å²) in [6.07, 6.45) is 0.451. The second kappa shape index (κ2) is 8.26. The minimum Gasteiger partial charge on any atom is -0.371 e. The first-order valence-electron chi connectivity index (χ1n) is 9.01. The topological polar surface area (TPSA) is 97.4 Å². The van der Waals surface area contributed by atoms with Gasteiger partial charge in [0.2, 0.25) is 5.91 Å². The largest absolute Gasteiger partial charge is 0.371 e. The Hall–Kier alpha value is -2.80. The molecule has 0 saturated carbocycles. The van der Waals surface area contributed by atoms with Gasteiger partial charge >= 0.3 is 0 Å². The van der Waals surface area contributed by atoms with Crippen LogP contribution in [0.15, 0.2) is 36.4 Å². The lowest BCUT2D eigenvalue weighted by Gasteiger charge is -2.21. The average Bonchev–Trinajstić information content (AvgIpc) is 3.05. The molecule has 142 valence electrons. The second-order valence-corrected chi connectivity index (χ2v) is 7.09. The van der Waals surface area contributed by atoms with E-state index >= 15 is 0 Å². The molecule has 1 aliphatic rings. The number of hydrogen-bond donors (Lipinski definition) is 2. The van der Waals surface area contributed by atoms with Gasteiger partial charge in [-0.3, -0.25) is 14.4 Å². The minimum absolute atomic E-state index is 0.00711. The summed E-state index contributed by atoms with van der Waals surface area (Å²) >= 11 is 0. The third-order valence-corrected chi connectivity index (χ3v) is 4.39. The number of benzene rings is 1. The van der Waals surface area contributed by atoms with Gasteiger partial charge in [0.25, 0.3) is 5.91 Å². The predicted octanol–water partition coefficient (Wildman–Crippen LogP) is 1.46. The molecule has 0 spiro atoms. The van der Waals surface area contributed by atoms with Crippen LogP contribution in [-0.2, 0) is 14.3 Å². The Morgan fingerprint density at radius 1 is 1.22 bits per heavy atom. The second-order valence-electron chi connectivity index (χ2n) is 7.09. The maximum absolute atomic E-state index is 12.6. The molecule has 2 heterocycles. The van der Waals surface area contributed by atoms with E-state index in [9.17, 15) is 14.4 Å². The van der Waals surface area contributed by atoms with E-state index in [2.05, 4.69) is 15.6 Å². The summed E-state index contributed by atoms with van der Waals surface area (Å²) in [7, 11) is 0. The van der Waals surface area contributed by atoms with Crippen molar-refractivity contribution in [3.05, 3.63) is 42.1 Å². The molecule has 1 aromatic heterocycles. The summed E-state index contributed by atoms with van der Waals surface area (Å²) in [6, 6.07) is 9.56. The molecule has 27 heavy (non-hydrogen) atoms. The molecule has 2 N–H and O–H groups in total. The molecule has 2 atom stereocenters. The van der Waals surface area contributed by atoms with Crippen molar-refractivity contribution in [2.45, 2.75) is 32.4 Å². The number of rotatable bonds is 6. The Labute approximate surface area is 157 Å². The van der Waals surface area contributed by atoms with Crippen LogP contribution in [-0.4, -0.2) is 47.9 Å². The lowest BCUT2D eigenvalue weighted by atomic mass is 10.0. The zero-order valence-electron chi connectivity index (χ0n) is 15.4. The van der Waals surface area contributed by atoms with Crippen LogP contribution in [0.1, 0.15) is 30.8 Å². The fraction of sp³-hybridized carbons (Fsp3) is 0.400. The fourth-order valence-electron chi connectivity index (χ4n) is 2.99. The maximum atomic E-state index is 12.6. The van der Waals surface area contributed by atoms with E-state index in [0.717, 1.165) is 5.39 Å². The molecule has 1 fully saturated rings. The summed E-state index contributed by atoms with van der Waals surface area (Å²) in [4.78, 5) is 41.3. The monoisotopic (exact) mass is 369 g/mol. The van der Waals surface area contributed by atoms with E-state index in [-0.39, 0.29) is 36.5 Å². The molecular formula is C20H23N3O4. The first kappa shape index (κ1) is 19.0. The van der Waals surface area contributed by atoms with Crippen LogP contribution in [0.5, 0.6) is 0 Å². The molecule has 7 nitrogen and oxygen atoms in total. The van der Waals surface area contributed by atoms with Gasteiger partial charge in [0.1, 0.15) is 24.4 Å². The smallest absolute Gasteiger partial charge is 0.270 e. The van der Waals surface area contributed by atoms with Gasteiger partial charge in [-0.1, -0.05) is 38.1 Å². The van der Waals surface area contributed by atoms with Crippen molar-refractivity contribution >= 4 is 28.5 Å². The van der Waals surface area contributed by atoms with Crippen molar-refractivity contribution < 1.29 is 19.1 Å². The maximum Gasteiger partial charge on any atom is 0.270 e. The van der Waals surface area contributed by atoms with Crippen molar-refractivity contribution in [1.29, 1.82) is 0 Å². The molecular weight excluding hydrogens is 346 g/mol. The van der Waals surface area contributed by atoms with Crippen LogP contribution in [0, 0.1) is 5.92 Å². The van der Waals surface area contributed by atoms with Crippen LogP contribution in [0.3, 0.4) is 0 Å². The number of Topliss-reactive ketones (excluding diaryl/α,β-unsaturated/α-hetero) is 1. The third-order valence-electron chi connectivity index (χ3n) is 4.39. The SMILES string of the molecule is CC(C)CC(NC(=O)c1ccc2ccccc2n1)C(=O)NC1COCC1=O. The Morgan fingerprint density at radius 2 is 2.00 bits per heavy atom. The van der Waals surface area contributed by atoms with E-state index in [4.69, 9.17) is 4.74 Å². The van der Waals surface area contributed by atoms with E-state index in [1.165, 1.54) is 0 Å². The molecule has 1 aliphatic heterocycles. The van der Waals surface area contributed by atoms with Crippen molar-refractivity contribution in [2.24, 2.45) is 5.92 Å². The number of pyridine rings is 1. The van der Waals surface area contributed by atoms with Gasteiger partial charge in [0.05, 0.1) is 12.1 Å². The molecule has 7 heteroatoms. The summed E-state index contributed by atoms with van der Waals surface area (Å²) < 4.78 is 5.06. The number of carbonyl (C=O) groups is 3. The molecule has 3 rings (SSSR count). The van der Waals surface area contributed by atoms with Gasteiger partial charge < -0.3 is 15.4 Å². The minimum atomic E-state index is -0.751. The van der Waals surface area contributed by atoms with E-state index in [1.807, 2.05) is 44.2 Å². The van der Waals surface area contributed by atoms with Crippen LogP contribution >= 0.6 is 0 Å². The van der Waals surface area contributed by atoms with E-state index < -0.39 is 18.0 Å². The van der Waals surface area contributed by atoms with Gasteiger partial charge in [-0.25, -0.2) is 4.98 Å². The number of nitrogens with one attached hydrogen (secondary N) is 2. The number of hydrogen-bond acceptors (Lipinski definition) is 5. The van der Waals surface area contributed by atoms with Crippen molar-refractivity contribution in [3.8, 4) is 0 Å². The molecule has 2 aromatic rings. The molecule has 0 bridgehead atoms. The lowest BCUT2D eigenvalue weighted by molar-refractivity contribution is -0.127. The lowest BCUT2D eigenvalue weighted by Crippen LogP contribution is -2.52. The van der Waals surface area contributed by atoms with Gasteiger partial charge in [0.15, 0.2) is 5.78 Å². The number of amides is 2. The highest BCUT2D eigenvalue weighted by atomic mass is 16.5. The number of nitrogens with zero attached hydrogens (tertiary/aromatic N) is 1. The molecule has 2 unspecified atom stereocenters. The third kappa shape index (κ3) is 4.68. The predicted molar refractivity (Wildman–Crippen MR) is 100 cm³/mol. The normalized spacial score (nSPS) is 17.9.